The molecule has 1 heterocycles. The molecule has 1 aliphatic carbocycles. The molecule has 0 saturated heterocycles. The van der Waals surface area contributed by atoms with Crippen molar-refractivity contribution >= 4 is 52.5 Å². The molecule has 0 radical (unpaired) electrons. The van der Waals surface area contributed by atoms with Crippen LogP contribution in [0.5, 0.6) is 0 Å². The molecule has 1 amide bonds. The summed E-state index contributed by atoms with van der Waals surface area (Å²) in [6, 6.07) is 0.121. The van der Waals surface area contributed by atoms with Crippen molar-refractivity contribution in [2.24, 2.45) is 11.7 Å². The molecule has 130 valence electrons. The number of anilines is 1. The van der Waals surface area contributed by atoms with Gasteiger partial charge in [-0.15, -0.1) is 22.6 Å². The Bertz CT molecular complexity index is 529. The summed E-state index contributed by atoms with van der Waals surface area (Å²) in [5, 5.41) is 11.0. The lowest BCUT2D eigenvalue weighted by molar-refractivity contribution is -0.139. The molecular weight excluding hydrogens is 360 g/mol. The molecule has 1 aromatic rings. The van der Waals surface area contributed by atoms with Crippen molar-refractivity contribution in [2.75, 3.05) is 17.7 Å². The summed E-state index contributed by atoms with van der Waals surface area (Å²) < 4.78 is 5.46. The lowest BCUT2D eigenvalue weighted by Gasteiger charge is -2.13. The highest BCUT2D eigenvalue weighted by atomic mass is 35.5. The minimum atomic E-state index is -0.288. The van der Waals surface area contributed by atoms with Gasteiger partial charge in [0.05, 0.1) is 12.4 Å². The van der Waals surface area contributed by atoms with E-state index in [-0.39, 0.29) is 42.0 Å². The summed E-state index contributed by atoms with van der Waals surface area (Å²) in [6.45, 7) is 2.12. The standard InChI is InChI=1S/C13H20N4O3S2.ClH/c1-2-20-11(19)7-21-13-17-16-12(22-13)15-10(18)6-8-4-3-5-9(8)14;/h8-9H,2-7,14H2,1H3,(H,15,16,18);1H/t8-,9+;/m0./s1. The van der Waals surface area contributed by atoms with Gasteiger partial charge in [-0.2, -0.15) is 0 Å². The van der Waals surface area contributed by atoms with Gasteiger partial charge in [0.25, 0.3) is 0 Å². The van der Waals surface area contributed by atoms with Crippen LogP contribution in [0.25, 0.3) is 0 Å². The van der Waals surface area contributed by atoms with Crippen molar-refractivity contribution in [1.82, 2.24) is 10.2 Å². The summed E-state index contributed by atoms with van der Waals surface area (Å²) >= 11 is 2.50. The highest BCUT2D eigenvalue weighted by Crippen LogP contribution is 2.28. The zero-order chi connectivity index (χ0) is 15.9. The van der Waals surface area contributed by atoms with Crippen molar-refractivity contribution in [3.05, 3.63) is 0 Å². The normalized spacial score (nSPS) is 19.9. The molecule has 1 fully saturated rings. The molecule has 1 aliphatic rings. The Balaban J connectivity index is 0.00000264. The maximum absolute atomic E-state index is 12.0. The molecule has 0 spiro atoms. The third-order valence-electron chi connectivity index (χ3n) is 3.44. The summed E-state index contributed by atoms with van der Waals surface area (Å²) in [5.41, 5.74) is 5.96. The van der Waals surface area contributed by atoms with E-state index < -0.39 is 0 Å². The average molecular weight is 381 g/mol. The van der Waals surface area contributed by atoms with Crippen LogP contribution in [0, 0.1) is 5.92 Å². The van der Waals surface area contributed by atoms with E-state index in [9.17, 15) is 9.59 Å². The molecule has 3 N–H and O–H groups in total. The first kappa shape index (κ1) is 20.1. The van der Waals surface area contributed by atoms with E-state index >= 15 is 0 Å². The number of carbonyl (C=O) groups excluding carboxylic acids is 2. The Labute approximate surface area is 149 Å². The number of hydrogen-bond acceptors (Lipinski definition) is 8. The summed E-state index contributed by atoms with van der Waals surface area (Å²) in [4.78, 5) is 23.2. The Hall–Kier alpha value is -0.900. The maximum atomic E-state index is 12.0. The van der Waals surface area contributed by atoms with E-state index in [1.54, 1.807) is 6.92 Å². The van der Waals surface area contributed by atoms with Gasteiger partial charge in [-0.3, -0.25) is 9.59 Å². The molecule has 1 saturated carbocycles. The number of nitrogens with zero attached hydrogens (tertiary/aromatic N) is 2. The number of rotatable bonds is 7. The number of aromatic nitrogens is 2. The molecule has 0 aliphatic heterocycles. The highest BCUT2D eigenvalue weighted by molar-refractivity contribution is 8.01. The van der Waals surface area contributed by atoms with Gasteiger partial charge < -0.3 is 15.8 Å². The zero-order valence-electron chi connectivity index (χ0n) is 12.8. The fourth-order valence-electron chi connectivity index (χ4n) is 2.37. The molecule has 0 unspecified atom stereocenters. The van der Waals surface area contributed by atoms with Gasteiger partial charge in [-0.05, 0) is 25.7 Å². The average Bonchev–Trinajstić information content (AvgIpc) is 3.07. The number of esters is 1. The largest absolute Gasteiger partial charge is 0.465 e. The lowest BCUT2D eigenvalue weighted by Crippen LogP contribution is -2.28. The number of hydrogen-bond donors (Lipinski definition) is 2. The van der Waals surface area contributed by atoms with Crippen LogP contribution in [0.4, 0.5) is 5.13 Å². The monoisotopic (exact) mass is 380 g/mol. The number of ether oxygens (including phenoxy) is 1. The van der Waals surface area contributed by atoms with Gasteiger partial charge in [0, 0.05) is 12.5 Å². The minimum absolute atomic E-state index is 0. The van der Waals surface area contributed by atoms with E-state index in [1.165, 1.54) is 23.1 Å². The second-order valence-electron chi connectivity index (χ2n) is 5.07. The van der Waals surface area contributed by atoms with Gasteiger partial charge in [0.15, 0.2) is 4.34 Å². The quantitative estimate of drug-likeness (QED) is 0.423. The van der Waals surface area contributed by atoms with Gasteiger partial charge in [0.1, 0.15) is 0 Å². The lowest BCUT2D eigenvalue weighted by atomic mass is 10.00. The molecule has 0 aromatic carbocycles. The molecular formula is C13H21ClN4O3S2. The van der Waals surface area contributed by atoms with Crippen LogP contribution in [0.2, 0.25) is 0 Å². The predicted molar refractivity (Wildman–Crippen MR) is 93.1 cm³/mol. The van der Waals surface area contributed by atoms with E-state index in [0.717, 1.165) is 19.3 Å². The van der Waals surface area contributed by atoms with E-state index in [4.69, 9.17) is 10.5 Å². The Morgan fingerprint density at radius 1 is 1.43 bits per heavy atom. The van der Waals surface area contributed by atoms with E-state index in [0.29, 0.717) is 22.5 Å². The fraction of sp³-hybridized carbons (Fsp3) is 0.692. The van der Waals surface area contributed by atoms with Crippen LogP contribution in [-0.2, 0) is 14.3 Å². The highest BCUT2D eigenvalue weighted by Gasteiger charge is 2.26. The number of amides is 1. The number of nitrogens with two attached hydrogens (primary N) is 1. The van der Waals surface area contributed by atoms with Gasteiger partial charge in [0.2, 0.25) is 11.0 Å². The second kappa shape index (κ2) is 10.1. The van der Waals surface area contributed by atoms with Crippen LogP contribution < -0.4 is 11.1 Å². The van der Waals surface area contributed by atoms with Crippen molar-refractivity contribution in [2.45, 2.75) is 43.0 Å². The minimum Gasteiger partial charge on any atom is -0.465 e. The molecule has 0 bridgehead atoms. The van der Waals surface area contributed by atoms with Gasteiger partial charge in [-0.25, -0.2) is 0 Å². The first-order valence-corrected chi connectivity index (χ1v) is 9.06. The predicted octanol–water partition coefficient (Wildman–Crippen LogP) is 2.07. The van der Waals surface area contributed by atoms with Crippen LogP contribution in [0.1, 0.15) is 32.6 Å². The van der Waals surface area contributed by atoms with Crippen molar-refractivity contribution < 1.29 is 14.3 Å². The van der Waals surface area contributed by atoms with Gasteiger partial charge in [-0.1, -0.05) is 29.5 Å². The fourth-order valence-corrected chi connectivity index (χ4v) is 3.94. The first-order valence-electron chi connectivity index (χ1n) is 7.25. The van der Waals surface area contributed by atoms with Crippen LogP contribution in [0.15, 0.2) is 4.34 Å². The molecule has 23 heavy (non-hydrogen) atoms. The Morgan fingerprint density at radius 3 is 2.87 bits per heavy atom. The molecule has 1 aromatic heterocycles. The topological polar surface area (TPSA) is 107 Å². The number of nitrogens with one attached hydrogen (secondary N) is 1. The third-order valence-corrected chi connectivity index (χ3v) is 5.38. The molecule has 7 nitrogen and oxygen atoms in total. The number of thioether (sulfide) groups is 1. The van der Waals surface area contributed by atoms with E-state index in [1.807, 2.05) is 0 Å². The first-order chi connectivity index (χ1) is 10.6. The van der Waals surface area contributed by atoms with E-state index in [2.05, 4.69) is 15.5 Å². The second-order valence-corrected chi connectivity index (χ2v) is 7.27. The molecule has 2 atom stereocenters. The van der Waals surface area contributed by atoms with Crippen molar-refractivity contribution in [1.29, 1.82) is 0 Å². The van der Waals surface area contributed by atoms with Gasteiger partial charge >= 0.3 is 5.97 Å². The summed E-state index contributed by atoms with van der Waals surface area (Å²) in [5.74, 6) is 0.0717. The SMILES string of the molecule is CCOC(=O)CSc1nnc(NC(=O)C[C@@H]2CCC[C@H]2N)s1.Cl. The smallest absolute Gasteiger partial charge is 0.316 e. The number of halogens is 1. The zero-order valence-corrected chi connectivity index (χ0v) is 15.3. The van der Waals surface area contributed by atoms with Crippen LogP contribution in [-0.4, -0.2) is 40.5 Å². The Kier molecular flexibility index (Phi) is 8.82. The molecule has 10 heteroatoms. The van der Waals surface area contributed by atoms with Crippen LogP contribution >= 0.6 is 35.5 Å². The third kappa shape index (κ3) is 6.62. The molecule has 2 rings (SSSR count). The maximum Gasteiger partial charge on any atom is 0.316 e. The summed E-state index contributed by atoms with van der Waals surface area (Å²) in [7, 11) is 0. The summed E-state index contributed by atoms with van der Waals surface area (Å²) in [6.07, 6.45) is 3.51. The number of carbonyl (C=O) groups is 2. The van der Waals surface area contributed by atoms with Crippen LogP contribution in [0.3, 0.4) is 0 Å². The van der Waals surface area contributed by atoms with Crippen molar-refractivity contribution in [3.63, 3.8) is 0 Å². The Morgan fingerprint density at radius 2 is 2.22 bits per heavy atom. The van der Waals surface area contributed by atoms with Crippen molar-refractivity contribution in [3.8, 4) is 0 Å².